The molecule has 0 aliphatic carbocycles. The molecule has 0 bridgehead atoms. The second kappa shape index (κ2) is 9.44. The average Bonchev–Trinajstić information content (AvgIpc) is 2.58. The van der Waals surface area contributed by atoms with E-state index in [2.05, 4.69) is 18.3 Å². The Labute approximate surface area is 154 Å². The summed E-state index contributed by atoms with van der Waals surface area (Å²) in [5, 5.41) is 5.58. The topological polar surface area (TPSA) is 54.9 Å². The zero-order valence-corrected chi connectivity index (χ0v) is 15.8. The van der Waals surface area contributed by atoms with E-state index in [1.807, 2.05) is 55.6 Å². The zero-order chi connectivity index (χ0) is 18.2. The first-order valence-corrected chi connectivity index (χ1v) is 8.89. The maximum atomic E-state index is 12.0. The Morgan fingerprint density at radius 3 is 2.72 bits per heavy atom. The minimum Gasteiger partial charge on any atom is -0.491 e. The Kier molecular flexibility index (Phi) is 7.29. The highest BCUT2D eigenvalue weighted by molar-refractivity contribution is 6.31. The molecule has 0 aliphatic rings. The molecule has 2 aromatic rings. The first-order valence-electron chi connectivity index (χ1n) is 8.52. The van der Waals surface area contributed by atoms with Gasteiger partial charge in [0.15, 0.2) is 6.54 Å². The zero-order valence-electron chi connectivity index (χ0n) is 15.0. The molecule has 0 saturated heterocycles. The fraction of sp³-hybridized carbons (Fsp3) is 0.350. The molecular weight excluding hydrogens is 336 g/mol. The quantitative estimate of drug-likeness (QED) is 0.710. The Bertz CT molecular complexity index is 719. The summed E-state index contributed by atoms with van der Waals surface area (Å²) >= 11 is 6.18. The third-order valence-corrected chi connectivity index (χ3v) is 4.41. The largest absolute Gasteiger partial charge is 0.491 e. The fourth-order valence-electron chi connectivity index (χ4n) is 2.64. The standard InChI is InChI=1S/C20H25ClN2O2/c1-14-8-9-19(15(2)12-14)25-11-10-22-20(24)13-23-16(3)17-6-4-5-7-18(17)21/h4-9,12,16,23H,10-11,13H2,1-3H3,(H,22,24)/p+1/t16-/m0/s1. The Morgan fingerprint density at radius 2 is 2.00 bits per heavy atom. The van der Waals surface area contributed by atoms with Crippen LogP contribution < -0.4 is 15.4 Å². The van der Waals surface area contributed by atoms with Gasteiger partial charge in [0, 0.05) is 10.6 Å². The van der Waals surface area contributed by atoms with E-state index in [0.29, 0.717) is 19.7 Å². The number of halogens is 1. The molecular formula is C20H26ClN2O2+. The van der Waals surface area contributed by atoms with Gasteiger partial charge < -0.3 is 15.4 Å². The highest BCUT2D eigenvalue weighted by Gasteiger charge is 2.13. The van der Waals surface area contributed by atoms with Crippen molar-refractivity contribution >= 4 is 17.5 Å². The third kappa shape index (κ3) is 6.07. The predicted molar refractivity (Wildman–Crippen MR) is 101 cm³/mol. The van der Waals surface area contributed by atoms with Crippen molar-refractivity contribution in [2.75, 3.05) is 19.7 Å². The van der Waals surface area contributed by atoms with E-state index in [1.165, 1.54) is 5.56 Å². The lowest BCUT2D eigenvalue weighted by atomic mass is 10.1. The van der Waals surface area contributed by atoms with Gasteiger partial charge in [0.1, 0.15) is 18.4 Å². The number of quaternary nitrogens is 1. The summed E-state index contributed by atoms with van der Waals surface area (Å²) in [5.41, 5.74) is 3.35. The van der Waals surface area contributed by atoms with Gasteiger partial charge >= 0.3 is 0 Å². The summed E-state index contributed by atoms with van der Waals surface area (Å²) in [6, 6.07) is 13.9. The Morgan fingerprint density at radius 1 is 1.24 bits per heavy atom. The predicted octanol–water partition coefficient (Wildman–Crippen LogP) is 2.78. The van der Waals surface area contributed by atoms with Gasteiger partial charge in [0.05, 0.1) is 6.54 Å². The maximum Gasteiger partial charge on any atom is 0.275 e. The van der Waals surface area contributed by atoms with Crippen molar-refractivity contribution in [1.82, 2.24) is 5.32 Å². The number of carbonyl (C=O) groups excluding carboxylic acids is 1. The number of benzene rings is 2. The number of hydrogen-bond donors (Lipinski definition) is 2. The van der Waals surface area contributed by atoms with Gasteiger partial charge in [0.25, 0.3) is 5.91 Å². The highest BCUT2D eigenvalue weighted by Crippen LogP contribution is 2.19. The number of amides is 1. The number of rotatable bonds is 8. The van der Waals surface area contributed by atoms with Gasteiger partial charge in [-0.3, -0.25) is 4.79 Å². The van der Waals surface area contributed by atoms with Gasteiger partial charge in [-0.25, -0.2) is 0 Å². The van der Waals surface area contributed by atoms with Crippen LogP contribution >= 0.6 is 11.6 Å². The van der Waals surface area contributed by atoms with Gasteiger partial charge in [-0.15, -0.1) is 0 Å². The Hall–Kier alpha value is -2.04. The van der Waals surface area contributed by atoms with E-state index in [-0.39, 0.29) is 11.9 Å². The van der Waals surface area contributed by atoms with E-state index in [1.54, 1.807) is 0 Å². The molecule has 4 nitrogen and oxygen atoms in total. The molecule has 0 saturated carbocycles. The second-order valence-corrected chi connectivity index (χ2v) is 6.62. The molecule has 25 heavy (non-hydrogen) atoms. The number of nitrogens with one attached hydrogen (secondary N) is 1. The van der Waals surface area contributed by atoms with Gasteiger partial charge in [-0.1, -0.05) is 47.5 Å². The number of aryl methyl sites for hydroxylation is 2. The molecule has 2 aromatic carbocycles. The van der Waals surface area contributed by atoms with Crippen molar-refractivity contribution in [1.29, 1.82) is 0 Å². The molecule has 5 heteroatoms. The summed E-state index contributed by atoms with van der Waals surface area (Å²) in [7, 11) is 0. The van der Waals surface area contributed by atoms with Crippen LogP contribution in [0, 0.1) is 13.8 Å². The van der Waals surface area contributed by atoms with Crippen LogP contribution in [0.3, 0.4) is 0 Å². The molecule has 134 valence electrons. The van der Waals surface area contributed by atoms with Crippen LogP contribution in [0.2, 0.25) is 5.02 Å². The number of nitrogens with two attached hydrogens (primary N) is 1. The molecule has 0 aromatic heterocycles. The number of carbonyl (C=O) groups is 1. The van der Waals surface area contributed by atoms with Gasteiger partial charge in [-0.2, -0.15) is 0 Å². The maximum absolute atomic E-state index is 12.0. The first kappa shape index (κ1) is 19.3. The van der Waals surface area contributed by atoms with Crippen molar-refractivity contribution in [2.24, 2.45) is 0 Å². The molecule has 3 N–H and O–H groups in total. The summed E-state index contributed by atoms with van der Waals surface area (Å²) in [4.78, 5) is 12.0. The van der Waals surface area contributed by atoms with Crippen LogP contribution in [0.1, 0.15) is 29.7 Å². The molecule has 2 rings (SSSR count). The van der Waals surface area contributed by atoms with E-state index >= 15 is 0 Å². The van der Waals surface area contributed by atoms with Crippen LogP contribution in [-0.4, -0.2) is 25.6 Å². The van der Waals surface area contributed by atoms with Gasteiger partial charge in [0.2, 0.25) is 0 Å². The Balaban J connectivity index is 1.68. The van der Waals surface area contributed by atoms with E-state index in [4.69, 9.17) is 16.3 Å². The average molecular weight is 362 g/mol. The molecule has 0 heterocycles. The first-order chi connectivity index (χ1) is 12.0. The van der Waals surface area contributed by atoms with Crippen molar-refractivity contribution in [2.45, 2.75) is 26.8 Å². The van der Waals surface area contributed by atoms with Crippen molar-refractivity contribution in [3.05, 3.63) is 64.2 Å². The van der Waals surface area contributed by atoms with Crippen LogP contribution in [0.25, 0.3) is 0 Å². The lowest BCUT2D eigenvalue weighted by Gasteiger charge is -2.13. The minimum absolute atomic E-state index is 0.0110. The van der Waals surface area contributed by atoms with Crippen LogP contribution in [0.4, 0.5) is 0 Å². The minimum atomic E-state index is -0.0110. The smallest absolute Gasteiger partial charge is 0.275 e. The number of ether oxygens (including phenoxy) is 1. The second-order valence-electron chi connectivity index (χ2n) is 6.22. The SMILES string of the molecule is Cc1ccc(OCCNC(=O)C[NH2+][C@@H](C)c2ccccc2Cl)c(C)c1. The van der Waals surface area contributed by atoms with Crippen molar-refractivity contribution in [3.8, 4) is 5.75 Å². The number of hydrogen-bond acceptors (Lipinski definition) is 2. The lowest BCUT2D eigenvalue weighted by molar-refractivity contribution is -0.682. The summed E-state index contributed by atoms with van der Waals surface area (Å²) < 4.78 is 5.71. The third-order valence-electron chi connectivity index (χ3n) is 4.06. The molecule has 0 spiro atoms. The van der Waals surface area contributed by atoms with Crippen molar-refractivity contribution in [3.63, 3.8) is 0 Å². The fourth-order valence-corrected chi connectivity index (χ4v) is 2.95. The van der Waals surface area contributed by atoms with E-state index < -0.39 is 0 Å². The van der Waals surface area contributed by atoms with Crippen LogP contribution in [0.15, 0.2) is 42.5 Å². The molecule has 1 amide bonds. The van der Waals surface area contributed by atoms with E-state index in [9.17, 15) is 4.79 Å². The molecule has 0 unspecified atom stereocenters. The summed E-state index contributed by atoms with van der Waals surface area (Å²) in [6.45, 7) is 7.41. The summed E-state index contributed by atoms with van der Waals surface area (Å²) in [5.74, 6) is 0.849. The molecule has 1 atom stereocenters. The summed E-state index contributed by atoms with van der Waals surface area (Å²) in [6.07, 6.45) is 0. The van der Waals surface area contributed by atoms with Crippen LogP contribution in [-0.2, 0) is 4.79 Å². The lowest BCUT2D eigenvalue weighted by Crippen LogP contribution is -2.87. The molecule has 0 aliphatic heterocycles. The monoisotopic (exact) mass is 361 g/mol. The van der Waals surface area contributed by atoms with Crippen molar-refractivity contribution < 1.29 is 14.8 Å². The molecule has 0 radical (unpaired) electrons. The van der Waals surface area contributed by atoms with Crippen LogP contribution in [0.5, 0.6) is 5.75 Å². The van der Waals surface area contributed by atoms with E-state index in [0.717, 1.165) is 21.9 Å². The molecule has 0 fully saturated rings. The normalized spacial score (nSPS) is 11.8. The highest BCUT2D eigenvalue weighted by atomic mass is 35.5. The van der Waals surface area contributed by atoms with Gasteiger partial charge in [-0.05, 0) is 38.5 Å².